The summed E-state index contributed by atoms with van der Waals surface area (Å²) in [6, 6.07) is -6.11. The van der Waals surface area contributed by atoms with E-state index in [1.807, 2.05) is 0 Å². The van der Waals surface area contributed by atoms with Crippen molar-refractivity contribution >= 4 is 59.1 Å². The van der Waals surface area contributed by atoms with Gasteiger partial charge in [0.15, 0.2) is 0 Å². The predicted molar refractivity (Wildman–Crippen MR) is 142 cm³/mol. The minimum atomic E-state index is -1.08. The number of fused-ring (bicyclic) bond motifs is 2. The predicted octanol–water partition coefficient (Wildman–Crippen LogP) is 1.67. The number of hydrogen-bond acceptors (Lipinski definition) is 12. The van der Waals surface area contributed by atoms with Crippen LogP contribution in [0.2, 0.25) is 0 Å². The summed E-state index contributed by atoms with van der Waals surface area (Å²) >= 11 is 2.30. The number of carboxylic acids is 2. The van der Waals surface area contributed by atoms with E-state index in [1.54, 1.807) is 0 Å². The van der Waals surface area contributed by atoms with Crippen molar-refractivity contribution in [1.29, 1.82) is 0 Å². The van der Waals surface area contributed by atoms with E-state index in [4.69, 9.17) is 10.2 Å². The summed E-state index contributed by atoms with van der Waals surface area (Å²) in [6.45, 7) is 0. The molecule has 0 aromatic heterocycles. The van der Waals surface area contributed by atoms with Crippen LogP contribution in [-0.4, -0.2) is 132 Å². The van der Waals surface area contributed by atoms with E-state index in [9.17, 15) is 49.6 Å². The van der Waals surface area contributed by atoms with Gasteiger partial charge in [0.25, 0.3) is 0 Å². The summed E-state index contributed by atoms with van der Waals surface area (Å²) < 4.78 is 0. The standard InChI is InChI=1S/C24H34N4O12S2/c29-11(21-19-17(25(37)23(35)27(19)39)13(41-21)5-1-3-7-15(31)32)9-10-12(30)22-20-18(26(38)24(36)28(20)40)14(42-22)6-2-4-8-16(33)34/h13-14,17-22,37-40H,1-10H2,(H,31,32)(H,33,34)/t13-,14-,17+,18+,19+,20+,21?,22?/m1/s1. The van der Waals surface area contributed by atoms with Crippen molar-refractivity contribution in [2.75, 3.05) is 0 Å². The summed E-state index contributed by atoms with van der Waals surface area (Å²) in [5, 5.41) is 57.6. The van der Waals surface area contributed by atoms with Gasteiger partial charge in [0.05, 0.1) is 22.6 Å². The smallest absolute Gasteiger partial charge is 0.368 e. The molecule has 4 fully saturated rings. The first kappa shape index (κ1) is 32.3. The number of nitrogens with zero attached hydrogens (tertiary/aromatic N) is 4. The zero-order chi connectivity index (χ0) is 30.9. The van der Waals surface area contributed by atoms with Crippen molar-refractivity contribution in [3.63, 3.8) is 0 Å². The zero-order valence-electron chi connectivity index (χ0n) is 22.4. The second kappa shape index (κ2) is 13.3. The highest BCUT2D eigenvalue weighted by Gasteiger charge is 2.61. The average molecular weight is 635 g/mol. The van der Waals surface area contributed by atoms with Crippen molar-refractivity contribution in [2.24, 2.45) is 0 Å². The number of thioether (sulfide) groups is 2. The highest BCUT2D eigenvalue weighted by Crippen LogP contribution is 2.47. The topological polar surface area (TPSA) is 237 Å². The van der Waals surface area contributed by atoms with Crippen LogP contribution < -0.4 is 0 Å². The first-order valence-electron chi connectivity index (χ1n) is 13.7. The fourth-order valence-electron chi connectivity index (χ4n) is 6.15. The van der Waals surface area contributed by atoms with E-state index in [-0.39, 0.29) is 25.7 Å². The molecule has 234 valence electrons. The maximum absolute atomic E-state index is 13.3. The number of unbranched alkanes of at least 4 members (excludes halogenated alkanes) is 2. The number of ketones is 2. The fraction of sp³-hybridized carbons (Fsp3) is 0.750. The van der Waals surface area contributed by atoms with Crippen LogP contribution in [0.15, 0.2) is 0 Å². The number of amides is 4. The lowest BCUT2D eigenvalue weighted by molar-refractivity contribution is -0.138. The molecule has 4 amide bonds. The second-order valence-electron chi connectivity index (χ2n) is 10.8. The number of hydrogen-bond donors (Lipinski definition) is 6. The van der Waals surface area contributed by atoms with Crippen LogP contribution in [0.3, 0.4) is 0 Å². The number of carboxylic acid groups (broad SMARTS) is 2. The fourth-order valence-corrected chi connectivity index (χ4v) is 9.80. The molecular weight excluding hydrogens is 600 g/mol. The van der Waals surface area contributed by atoms with Gasteiger partial charge in [-0.3, -0.25) is 40.0 Å². The molecule has 16 nitrogen and oxygen atoms in total. The third-order valence-corrected chi connectivity index (χ3v) is 11.5. The van der Waals surface area contributed by atoms with Gasteiger partial charge in [0, 0.05) is 36.2 Å². The molecule has 8 atom stereocenters. The Morgan fingerprint density at radius 1 is 0.548 bits per heavy atom. The SMILES string of the molecule is O=C(O)CCCC[C@H]1SC(C(=O)CCC(=O)C2S[C@H](CCCCC(=O)O)[C@H]3[C@@H]2N(O)C(=O)N3O)[C@@H]2[C@H]1N(O)C(=O)N2O. The Morgan fingerprint density at radius 2 is 0.881 bits per heavy atom. The van der Waals surface area contributed by atoms with E-state index in [2.05, 4.69) is 0 Å². The van der Waals surface area contributed by atoms with Gasteiger partial charge in [0.1, 0.15) is 23.7 Å². The highest BCUT2D eigenvalue weighted by molar-refractivity contribution is 8.01. The Labute approximate surface area is 248 Å². The normalized spacial score (nSPS) is 32.1. The molecule has 0 aromatic carbocycles. The van der Waals surface area contributed by atoms with E-state index < -0.39 is 80.7 Å². The van der Waals surface area contributed by atoms with Gasteiger partial charge in [0.2, 0.25) is 0 Å². The minimum Gasteiger partial charge on any atom is -0.481 e. The molecule has 18 heteroatoms. The lowest BCUT2D eigenvalue weighted by Gasteiger charge is -2.22. The van der Waals surface area contributed by atoms with Crippen LogP contribution >= 0.6 is 23.5 Å². The summed E-state index contributed by atoms with van der Waals surface area (Å²) in [4.78, 5) is 72.7. The van der Waals surface area contributed by atoms with Gasteiger partial charge in [-0.1, -0.05) is 12.8 Å². The molecule has 0 spiro atoms. The van der Waals surface area contributed by atoms with E-state index in [1.165, 1.54) is 0 Å². The van der Waals surface area contributed by atoms with Crippen molar-refractivity contribution in [1.82, 2.24) is 20.3 Å². The molecule has 0 radical (unpaired) electrons. The average Bonchev–Trinajstić information content (AvgIpc) is 3.63. The first-order chi connectivity index (χ1) is 19.8. The Hall–Kier alpha value is -2.64. The maximum Gasteiger partial charge on any atom is 0.368 e. The Morgan fingerprint density at radius 3 is 1.21 bits per heavy atom. The molecule has 4 aliphatic heterocycles. The molecule has 4 rings (SSSR count). The molecule has 6 N–H and O–H groups in total. The van der Waals surface area contributed by atoms with Gasteiger partial charge >= 0.3 is 24.0 Å². The highest BCUT2D eigenvalue weighted by atomic mass is 32.2. The quantitative estimate of drug-likeness (QED) is 0.0854. The largest absolute Gasteiger partial charge is 0.481 e. The summed E-state index contributed by atoms with van der Waals surface area (Å²) in [5.41, 5.74) is 0. The monoisotopic (exact) mass is 634 g/mol. The zero-order valence-corrected chi connectivity index (χ0v) is 24.1. The van der Waals surface area contributed by atoms with Gasteiger partial charge in [-0.15, -0.1) is 23.5 Å². The molecule has 0 saturated carbocycles. The number of aliphatic carboxylic acids is 2. The van der Waals surface area contributed by atoms with Crippen molar-refractivity contribution in [2.45, 2.75) is 109 Å². The molecule has 0 aromatic rings. The van der Waals surface area contributed by atoms with E-state index in [0.717, 1.165) is 23.5 Å². The van der Waals surface area contributed by atoms with Crippen LogP contribution in [0, 0.1) is 0 Å². The van der Waals surface area contributed by atoms with Crippen LogP contribution in [0.1, 0.15) is 64.2 Å². The number of carbonyl (C=O) groups excluding carboxylic acids is 4. The number of urea groups is 2. The van der Waals surface area contributed by atoms with Crippen molar-refractivity contribution < 1.29 is 59.8 Å². The molecule has 42 heavy (non-hydrogen) atoms. The van der Waals surface area contributed by atoms with Gasteiger partial charge in [-0.25, -0.2) is 9.59 Å². The van der Waals surface area contributed by atoms with Gasteiger partial charge in [-0.05, 0) is 25.7 Å². The summed E-state index contributed by atoms with van der Waals surface area (Å²) in [6.07, 6.45) is 1.72. The Balaban J connectivity index is 1.39. The summed E-state index contributed by atoms with van der Waals surface area (Å²) in [7, 11) is 0. The summed E-state index contributed by atoms with van der Waals surface area (Å²) in [5.74, 6) is -2.81. The second-order valence-corrected chi connectivity index (χ2v) is 13.6. The van der Waals surface area contributed by atoms with Gasteiger partial charge < -0.3 is 10.2 Å². The van der Waals surface area contributed by atoms with Crippen LogP contribution in [0.5, 0.6) is 0 Å². The minimum absolute atomic E-state index is 0.0566. The molecule has 2 unspecified atom stereocenters. The first-order valence-corrected chi connectivity index (χ1v) is 15.5. The lowest BCUT2D eigenvalue weighted by Crippen LogP contribution is -2.44. The number of Topliss-reactive ketones (excluding diaryl/α,β-unsaturated/α-hetero) is 2. The van der Waals surface area contributed by atoms with Crippen LogP contribution in [0.4, 0.5) is 9.59 Å². The van der Waals surface area contributed by atoms with Crippen LogP contribution in [0.25, 0.3) is 0 Å². The van der Waals surface area contributed by atoms with Crippen molar-refractivity contribution in [3.05, 3.63) is 0 Å². The number of carbonyl (C=O) groups is 6. The third-order valence-electron chi connectivity index (χ3n) is 8.15. The molecule has 0 aliphatic carbocycles. The van der Waals surface area contributed by atoms with Gasteiger partial charge in [-0.2, -0.15) is 20.3 Å². The Kier molecular flexibility index (Phi) is 10.2. The Bertz CT molecular complexity index is 1030. The molecular formula is C24H34N4O12S2. The maximum atomic E-state index is 13.3. The van der Waals surface area contributed by atoms with Crippen LogP contribution in [-0.2, 0) is 19.2 Å². The number of hydroxylamine groups is 8. The van der Waals surface area contributed by atoms with Crippen molar-refractivity contribution in [3.8, 4) is 0 Å². The molecule has 0 bridgehead atoms. The van der Waals surface area contributed by atoms with E-state index in [0.29, 0.717) is 58.8 Å². The third kappa shape index (κ3) is 6.33. The lowest BCUT2D eigenvalue weighted by atomic mass is 9.94. The molecule has 4 saturated heterocycles. The molecule has 4 heterocycles. The molecule has 4 aliphatic rings. The number of rotatable bonds is 15. The van der Waals surface area contributed by atoms with E-state index >= 15 is 0 Å².